The normalized spacial score (nSPS) is 10.3. The zero-order valence-electron chi connectivity index (χ0n) is 18.4. The molecular weight excluding hydrogens is 572 g/mol. The lowest BCUT2D eigenvalue weighted by atomic mass is 10.1. The van der Waals surface area contributed by atoms with Gasteiger partial charge in [-0.1, -0.05) is 82.3 Å². The van der Waals surface area contributed by atoms with Crippen LogP contribution in [0.4, 0.5) is 0 Å². The van der Waals surface area contributed by atoms with Crippen molar-refractivity contribution in [3.05, 3.63) is 77.8 Å². The molecule has 2 aromatic carbocycles. The summed E-state index contributed by atoms with van der Waals surface area (Å²) in [6.07, 6.45) is 0.273. The van der Waals surface area contributed by atoms with Gasteiger partial charge in [-0.05, 0) is 34.9 Å². The van der Waals surface area contributed by atoms with E-state index in [1.807, 2.05) is 22.9 Å². The molecule has 0 amide bonds. The van der Waals surface area contributed by atoms with E-state index in [2.05, 4.69) is 0 Å². The predicted molar refractivity (Wildman–Crippen MR) is 139 cm³/mol. The molecule has 0 aliphatic rings. The van der Waals surface area contributed by atoms with Gasteiger partial charge in [0.2, 0.25) is 0 Å². The monoisotopic (exact) mass is 590 g/mol. The molecule has 3 aromatic rings. The van der Waals surface area contributed by atoms with Crippen LogP contribution in [0.2, 0.25) is 25.1 Å². The van der Waals surface area contributed by atoms with Crippen LogP contribution in [0.25, 0.3) is 0 Å². The molecule has 6 N–H and O–H groups in total. The maximum atomic E-state index is 10.4. The van der Waals surface area contributed by atoms with Gasteiger partial charge in [-0.15, -0.1) is 0 Å². The highest BCUT2D eigenvalue weighted by Gasteiger charge is 2.18. The highest BCUT2D eigenvalue weighted by molar-refractivity contribution is 7.07. The number of hydrogen-bond donors (Lipinski definition) is 5. The van der Waals surface area contributed by atoms with Crippen LogP contribution in [0.5, 0.6) is 11.5 Å². The number of thiophene rings is 1. The first-order chi connectivity index (χ1) is 15.8. The van der Waals surface area contributed by atoms with Crippen LogP contribution in [0, 0.1) is 0 Å². The number of carboxylic acids is 2. The number of aromatic hydroxyl groups is 2. The first kappa shape index (κ1) is 32.1. The smallest absolute Gasteiger partial charge is 0.508 e. The molecule has 7 nitrogen and oxygen atoms in total. The van der Waals surface area contributed by atoms with Gasteiger partial charge in [-0.3, -0.25) is 9.59 Å². The topological polar surface area (TPSA) is 141 Å². The van der Waals surface area contributed by atoms with Crippen molar-refractivity contribution in [2.24, 2.45) is 5.73 Å². The fourth-order valence-electron chi connectivity index (χ4n) is 1.79. The van der Waals surface area contributed by atoms with Gasteiger partial charge in [0.15, 0.2) is 5.75 Å². The van der Waals surface area contributed by atoms with Crippen LogP contribution in [0.3, 0.4) is 0 Å². The van der Waals surface area contributed by atoms with Crippen molar-refractivity contribution < 1.29 is 31.4 Å². The molecule has 0 aliphatic carbocycles. The maximum Gasteiger partial charge on any atom is 1.00 e. The molecule has 0 aliphatic heterocycles. The van der Waals surface area contributed by atoms with E-state index in [-0.39, 0.29) is 44.5 Å². The van der Waals surface area contributed by atoms with Gasteiger partial charge in [0, 0.05) is 6.92 Å². The first-order valence-corrected chi connectivity index (χ1v) is 11.8. The van der Waals surface area contributed by atoms with Gasteiger partial charge in [-0.25, -0.2) is 0 Å². The van der Waals surface area contributed by atoms with Crippen molar-refractivity contribution in [1.29, 1.82) is 0 Å². The summed E-state index contributed by atoms with van der Waals surface area (Å²) in [5.74, 6) is -2.06. The number of rotatable bonds is 3. The largest absolute Gasteiger partial charge is 1.00 e. The Morgan fingerprint density at radius 3 is 1.59 bits per heavy atom. The third kappa shape index (κ3) is 12.5. The van der Waals surface area contributed by atoms with Crippen molar-refractivity contribution >= 4 is 81.3 Å². The Morgan fingerprint density at radius 2 is 1.26 bits per heavy atom. The lowest BCUT2D eigenvalue weighted by Crippen LogP contribution is -2.32. The number of benzene rings is 2. The average Bonchev–Trinajstić information content (AvgIpc) is 3.37. The molecule has 0 radical (unpaired) electrons. The second-order valence-corrected chi connectivity index (χ2v) is 8.75. The zero-order chi connectivity index (χ0) is 26.4. The Hall–Kier alpha value is -1.91. The van der Waals surface area contributed by atoms with Crippen molar-refractivity contribution in [1.82, 2.24) is 0 Å². The van der Waals surface area contributed by atoms with Gasteiger partial charge >= 0.3 is 7.40 Å². The Balaban J connectivity index is 0. The highest BCUT2D eigenvalue weighted by atomic mass is 35.5. The molecule has 1 atom stereocenters. The molecule has 0 saturated heterocycles. The minimum absolute atomic E-state index is 0. The van der Waals surface area contributed by atoms with Crippen LogP contribution in [0.15, 0.2) is 47.2 Å². The van der Waals surface area contributed by atoms with Crippen LogP contribution in [0.1, 0.15) is 13.9 Å². The average molecular weight is 593 g/mol. The van der Waals surface area contributed by atoms with Crippen molar-refractivity contribution in [3.8, 4) is 11.5 Å². The van der Waals surface area contributed by atoms with E-state index in [4.69, 9.17) is 83.9 Å². The molecule has 1 unspecified atom stereocenters. The molecule has 34 heavy (non-hydrogen) atoms. The van der Waals surface area contributed by atoms with E-state index in [9.17, 15) is 9.90 Å². The summed E-state index contributed by atoms with van der Waals surface area (Å²) >= 11 is 29.6. The molecular formula is C21H21Cl5NO6S+. The summed E-state index contributed by atoms with van der Waals surface area (Å²) in [6.45, 7) is 1.08. The van der Waals surface area contributed by atoms with E-state index < -0.39 is 18.0 Å². The van der Waals surface area contributed by atoms with E-state index in [0.29, 0.717) is 0 Å². The summed E-state index contributed by atoms with van der Waals surface area (Å²) in [5, 5.41) is 38.0. The van der Waals surface area contributed by atoms with Gasteiger partial charge in [-0.2, -0.15) is 11.3 Å². The number of nitrogens with two attached hydrogens (primary N) is 1. The number of carboxylic acid groups (broad SMARTS) is 2. The summed E-state index contributed by atoms with van der Waals surface area (Å²) in [6, 6.07) is 9.46. The molecule has 0 saturated carbocycles. The third-order valence-corrected chi connectivity index (χ3v) is 6.21. The van der Waals surface area contributed by atoms with Crippen LogP contribution in [-0.4, -0.2) is 38.4 Å². The first-order valence-electron chi connectivity index (χ1n) is 8.92. The summed E-state index contributed by atoms with van der Waals surface area (Å²) < 4.78 is 0. The van der Waals surface area contributed by atoms with E-state index in [1.165, 1.54) is 12.1 Å². The number of phenols is 2. The summed E-state index contributed by atoms with van der Waals surface area (Å²) in [7, 11) is 0. The molecule has 13 heteroatoms. The van der Waals surface area contributed by atoms with Crippen LogP contribution >= 0.6 is 69.3 Å². The SMILES string of the molecule is CC(=O)O.NC(Cc1ccc(O)cc1)C(=O)O.Oc1c(Cl)c(Cl)c(Cl)c(Cl)c1Cl.[H+].c1ccsc1. The fraction of sp³-hybridized carbons (Fsp3) is 0.143. The molecule has 1 heterocycles. The third-order valence-electron chi connectivity index (χ3n) is 3.32. The van der Waals surface area contributed by atoms with Crippen LogP contribution < -0.4 is 5.73 Å². The molecule has 1 aromatic heterocycles. The Morgan fingerprint density at radius 1 is 0.882 bits per heavy atom. The molecule has 186 valence electrons. The lowest BCUT2D eigenvalue weighted by molar-refractivity contribution is -0.138. The molecule has 0 fully saturated rings. The second-order valence-electron chi connectivity index (χ2n) is 6.05. The van der Waals surface area contributed by atoms with E-state index in [0.717, 1.165) is 12.5 Å². The minimum Gasteiger partial charge on any atom is -0.508 e. The van der Waals surface area contributed by atoms with Crippen molar-refractivity contribution in [3.63, 3.8) is 0 Å². The maximum absolute atomic E-state index is 10.4. The van der Waals surface area contributed by atoms with Crippen molar-refractivity contribution in [2.45, 2.75) is 19.4 Å². The fourth-order valence-corrected chi connectivity index (χ4v) is 3.38. The zero-order valence-corrected chi connectivity index (χ0v) is 22.0. The van der Waals surface area contributed by atoms with E-state index in [1.54, 1.807) is 23.5 Å². The Labute approximate surface area is 226 Å². The number of aliphatic carboxylic acids is 2. The van der Waals surface area contributed by atoms with E-state index >= 15 is 0 Å². The van der Waals surface area contributed by atoms with Gasteiger partial charge in [0.05, 0.1) is 15.1 Å². The minimum atomic E-state index is -1.02. The van der Waals surface area contributed by atoms with Gasteiger partial charge in [0.25, 0.3) is 5.97 Å². The predicted octanol–water partition coefficient (Wildman–Crippen LogP) is 6.96. The van der Waals surface area contributed by atoms with Gasteiger partial charge in [0.1, 0.15) is 21.8 Å². The van der Waals surface area contributed by atoms with Crippen LogP contribution in [-0.2, 0) is 16.0 Å². The quantitative estimate of drug-likeness (QED) is 0.164. The molecule has 3 rings (SSSR count). The van der Waals surface area contributed by atoms with Gasteiger partial charge < -0.3 is 26.2 Å². The Kier molecular flexibility index (Phi) is 15.7. The molecule has 0 bridgehead atoms. The lowest BCUT2D eigenvalue weighted by Gasteiger charge is -2.06. The number of carbonyl (C=O) groups is 2. The summed E-state index contributed by atoms with van der Waals surface area (Å²) in [4.78, 5) is 19.4. The Bertz CT molecular complexity index is 929. The summed E-state index contributed by atoms with van der Waals surface area (Å²) in [5.41, 5.74) is 6.12. The number of halogens is 5. The second kappa shape index (κ2) is 16.7. The highest BCUT2D eigenvalue weighted by Crippen LogP contribution is 2.47. The number of phenolic OH excluding ortho intramolecular Hbond substituents is 2. The van der Waals surface area contributed by atoms with Crippen molar-refractivity contribution in [2.75, 3.05) is 0 Å². The standard InChI is InChI=1S/C9H11NO3.C6HCl5O.C4H4S.C2H4O2/c10-8(9(12)13)5-6-1-3-7(11)4-2-6;7-1-2(8)4(10)6(12)5(11)3(1)9;1-2-4-5-3-1;1-2(3)4/h1-4,8,11H,5,10H2,(H,12,13);12H;1-4H;1H3,(H,3,4)/p+1. The molecule has 0 spiro atoms. The number of hydrogen-bond acceptors (Lipinski definition) is 6.